The molecule has 1 fully saturated rings. The molecule has 23 heavy (non-hydrogen) atoms. The number of sulfonamides is 1. The van der Waals surface area contributed by atoms with Crippen molar-refractivity contribution in [2.24, 2.45) is 4.99 Å². The second kappa shape index (κ2) is 12.3. The highest BCUT2D eigenvalue weighted by molar-refractivity contribution is 14.0. The van der Waals surface area contributed by atoms with Gasteiger partial charge in [-0.2, -0.15) is 0 Å². The van der Waals surface area contributed by atoms with Gasteiger partial charge in [0.25, 0.3) is 0 Å². The van der Waals surface area contributed by atoms with Crippen molar-refractivity contribution in [3.8, 4) is 0 Å². The van der Waals surface area contributed by atoms with E-state index in [1.54, 1.807) is 0 Å². The van der Waals surface area contributed by atoms with Gasteiger partial charge in [-0.15, -0.1) is 24.0 Å². The number of hydrogen-bond acceptors (Lipinski definition) is 4. The van der Waals surface area contributed by atoms with E-state index in [0.29, 0.717) is 19.1 Å². The Morgan fingerprint density at radius 1 is 1.26 bits per heavy atom. The van der Waals surface area contributed by atoms with E-state index in [1.807, 2.05) is 6.92 Å². The summed E-state index contributed by atoms with van der Waals surface area (Å²) in [4.78, 5) is 7.13. The number of rotatable bonds is 9. The van der Waals surface area contributed by atoms with Crippen molar-refractivity contribution in [1.29, 1.82) is 0 Å². The molecule has 3 N–H and O–H groups in total. The van der Waals surface area contributed by atoms with Crippen molar-refractivity contribution in [3.63, 3.8) is 0 Å². The Kier molecular flexibility index (Phi) is 12.2. The van der Waals surface area contributed by atoms with Crippen molar-refractivity contribution >= 4 is 40.0 Å². The Hall–Kier alpha value is -0.130. The first kappa shape index (κ1) is 22.9. The molecule has 0 aromatic rings. The maximum atomic E-state index is 11.0. The van der Waals surface area contributed by atoms with Gasteiger partial charge in [0.15, 0.2) is 5.96 Å². The normalized spacial score (nSPS) is 19.4. The number of halogens is 1. The van der Waals surface area contributed by atoms with Crippen LogP contribution in [0.3, 0.4) is 0 Å². The lowest BCUT2D eigenvalue weighted by Crippen LogP contribution is -2.40. The Bertz CT molecular complexity index is 444. The summed E-state index contributed by atoms with van der Waals surface area (Å²) in [5, 5.41) is 6.48. The molecule has 0 spiro atoms. The number of likely N-dealkylation sites (tertiary alicyclic amines) is 1. The fourth-order valence-corrected chi connectivity index (χ4v) is 3.12. The van der Waals surface area contributed by atoms with Crippen molar-refractivity contribution in [1.82, 2.24) is 20.3 Å². The number of hydrogen-bond donors (Lipinski definition) is 3. The van der Waals surface area contributed by atoms with E-state index in [1.165, 1.54) is 25.6 Å². The number of nitrogens with zero attached hydrogens (tertiary/aromatic N) is 2. The first-order valence-corrected chi connectivity index (χ1v) is 10.1. The largest absolute Gasteiger partial charge is 0.357 e. The summed E-state index contributed by atoms with van der Waals surface area (Å²) in [7, 11) is -3.09. The highest BCUT2D eigenvalue weighted by Gasteiger charge is 2.22. The first-order chi connectivity index (χ1) is 10.5. The van der Waals surface area contributed by atoms with Gasteiger partial charge in [-0.3, -0.25) is 9.89 Å². The first-order valence-electron chi connectivity index (χ1n) is 8.17. The Labute approximate surface area is 158 Å². The summed E-state index contributed by atoms with van der Waals surface area (Å²) in [6.07, 6.45) is 4.37. The van der Waals surface area contributed by atoms with Gasteiger partial charge >= 0.3 is 0 Å². The Morgan fingerprint density at radius 3 is 2.61 bits per heavy atom. The van der Waals surface area contributed by atoms with Crippen LogP contribution in [0.4, 0.5) is 0 Å². The summed E-state index contributed by atoms with van der Waals surface area (Å²) in [5.74, 6) is 0.810. The van der Waals surface area contributed by atoms with Crippen LogP contribution in [0.5, 0.6) is 0 Å². The molecule has 1 atom stereocenters. The quantitative estimate of drug-likeness (QED) is 0.203. The van der Waals surface area contributed by atoms with E-state index in [4.69, 9.17) is 0 Å². The maximum Gasteiger partial charge on any atom is 0.208 e. The van der Waals surface area contributed by atoms with Crippen LogP contribution in [0.25, 0.3) is 0 Å². The molecule has 0 radical (unpaired) electrons. The smallest absolute Gasteiger partial charge is 0.208 e. The third-order valence-electron chi connectivity index (χ3n) is 3.72. The molecule has 0 aliphatic carbocycles. The topological polar surface area (TPSA) is 85.8 Å². The molecule has 1 aliphatic heterocycles. The predicted octanol–water partition coefficient (Wildman–Crippen LogP) is 0.583. The molecular formula is C14H32IN5O2S. The minimum absolute atomic E-state index is 0. The average Bonchev–Trinajstić information content (AvgIpc) is 2.90. The third kappa shape index (κ3) is 10.4. The standard InChI is InChI=1S/C14H31N5O2S.HI/c1-4-15-14(16-9-7-10-18-22(3,20)21)17-12-13-8-6-11-19(13)5-2;/h13,18H,4-12H2,1-3H3,(H2,15,16,17);1H. The van der Waals surface area contributed by atoms with Crippen LogP contribution < -0.4 is 15.4 Å². The van der Waals surface area contributed by atoms with Crippen LogP contribution in [0.2, 0.25) is 0 Å². The number of likely N-dealkylation sites (N-methyl/N-ethyl adjacent to an activating group) is 1. The van der Waals surface area contributed by atoms with Crippen LogP contribution in [-0.2, 0) is 10.0 Å². The average molecular weight is 461 g/mol. The van der Waals surface area contributed by atoms with E-state index in [0.717, 1.165) is 32.0 Å². The second-order valence-corrected chi connectivity index (χ2v) is 7.42. The van der Waals surface area contributed by atoms with E-state index in [2.05, 4.69) is 32.2 Å². The molecule has 0 aromatic heterocycles. The van der Waals surface area contributed by atoms with Crippen LogP contribution in [0.1, 0.15) is 33.1 Å². The molecule has 7 nitrogen and oxygen atoms in total. The molecular weight excluding hydrogens is 429 g/mol. The number of guanidine groups is 1. The fraction of sp³-hybridized carbons (Fsp3) is 0.929. The molecule has 1 saturated heterocycles. The van der Waals surface area contributed by atoms with Gasteiger partial charge in [-0.25, -0.2) is 13.1 Å². The molecule has 0 aromatic carbocycles. The van der Waals surface area contributed by atoms with E-state index in [-0.39, 0.29) is 24.0 Å². The van der Waals surface area contributed by atoms with E-state index >= 15 is 0 Å². The zero-order valence-corrected chi connectivity index (χ0v) is 17.6. The van der Waals surface area contributed by atoms with Gasteiger partial charge in [0.05, 0.1) is 12.8 Å². The number of nitrogens with one attached hydrogen (secondary N) is 3. The lowest BCUT2D eigenvalue weighted by molar-refractivity contribution is 0.273. The van der Waals surface area contributed by atoms with Crippen molar-refractivity contribution < 1.29 is 8.42 Å². The highest BCUT2D eigenvalue weighted by atomic mass is 127. The molecule has 1 unspecified atom stereocenters. The van der Waals surface area contributed by atoms with Crippen LogP contribution in [-0.4, -0.2) is 70.8 Å². The summed E-state index contributed by atoms with van der Waals surface area (Å²) < 4.78 is 24.4. The molecule has 1 aliphatic rings. The minimum Gasteiger partial charge on any atom is -0.357 e. The lowest BCUT2D eigenvalue weighted by atomic mass is 10.2. The lowest BCUT2D eigenvalue weighted by Gasteiger charge is -2.21. The maximum absolute atomic E-state index is 11.0. The molecule has 1 heterocycles. The molecule has 0 saturated carbocycles. The zero-order chi connectivity index (χ0) is 16.4. The third-order valence-corrected chi connectivity index (χ3v) is 4.45. The van der Waals surface area contributed by atoms with Gasteiger partial charge in [-0.1, -0.05) is 6.92 Å². The van der Waals surface area contributed by atoms with Crippen molar-refractivity contribution in [2.75, 3.05) is 45.5 Å². The van der Waals surface area contributed by atoms with E-state index in [9.17, 15) is 8.42 Å². The van der Waals surface area contributed by atoms with Gasteiger partial charge in [0.2, 0.25) is 10.0 Å². The summed E-state index contributed by atoms with van der Waals surface area (Å²) in [6.45, 7) is 9.25. The zero-order valence-electron chi connectivity index (χ0n) is 14.5. The highest BCUT2D eigenvalue weighted by Crippen LogP contribution is 2.16. The van der Waals surface area contributed by atoms with Crippen LogP contribution >= 0.6 is 24.0 Å². The molecule has 9 heteroatoms. The predicted molar refractivity (Wildman–Crippen MR) is 107 cm³/mol. The summed E-state index contributed by atoms with van der Waals surface area (Å²) in [6, 6.07) is 0.548. The molecule has 0 amide bonds. The molecule has 0 bridgehead atoms. The van der Waals surface area contributed by atoms with E-state index < -0.39 is 10.0 Å². The van der Waals surface area contributed by atoms with Gasteiger partial charge in [0.1, 0.15) is 0 Å². The van der Waals surface area contributed by atoms with Gasteiger partial charge in [-0.05, 0) is 39.3 Å². The van der Waals surface area contributed by atoms with Crippen molar-refractivity contribution in [2.45, 2.75) is 39.2 Å². The monoisotopic (exact) mass is 461 g/mol. The molecule has 138 valence electrons. The van der Waals surface area contributed by atoms with Gasteiger partial charge in [0, 0.05) is 25.7 Å². The second-order valence-electron chi connectivity index (χ2n) is 5.59. The molecule has 1 rings (SSSR count). The van der Waals surface area contributed by atoms with Gasteiger partial charge < -0.3 is 10.6 Å². The fourth-order valence-electron chi connectivity index (χ4n) is 2.61. The van der Waals surface area contributed by atoms with Crippen LogP contribution in [0.15, 0.2) is 4.99 Å². The van der Waals surface area contributed by atoms with Crippen molar-refractivity contribution in [3.05, 3.63) is 0 Å². The number of aliphatic imine (C=N–C) groups is 1. The van der Waals surface area contributed by atoms with Crippen LogP contribution in [0, 0.1) is 0 Å². The summed E-state index contributed by atoms with van der Waals surface area (Å²) in [5.41, 5.74) is 0. The Balaban J connectivity index is 0.00000484. The SMILES string of the molecule is CCNC(=NCC1CCCN1CC)NCCCNS(C)(=O)=O.I. The minimum atomic E-state index is -3.09. The summed E-state index contributed by atoms with van der Waals surface area (Å²) >= 11 is 0. The Morgan fingerprint density at radius 2 is 2.00 bits per heavy atom.